The summed E-state index contributed by atoms with van der Waals surface area (Å²) in [6.07, 6.45) is 1.96. The zero-order valence-electron chi connectivity index (χ0n) is 11.1. The fraction of sp³-hybridized carbons (Fsp3) is 0.500. The molecule has 2 aromatic rings. The highest BCUT2D eigenvalue weighted by atomic mass is 35.5. The number of hydrogen-bond donors (Lipinski definition) is 0. The first kappa shape index (κ1) is 14.1. The van der Waals surface area contributed by atoms with Gasteiger partial charge in [-0.3, -0.25) is 0 Å². The normalized spacial score (nSPS) is 21.3. The number of imidazole rings is 1. The van der Waals surface area contributed by atoms with E-state index < -0.39 is 5.82 Å². The van der Waals surface area contributed by atoms with Gasteiger partial charge in [-0.2, -0.15) is 0 Å². The number of halogens is 3. The lowest BCUT2D eigenvalue weighted by Gasteiger charge is -2.26. The highest BCUT2D eigenvalue weighted by Gasteiger charge is 2.24. The van der Waals surface area contributed by atoms with Crippen molar-refractivity contribution in [2.75, 3.05) is 13.2 Å². The van der Waals surface area contributed by atoms with Crippen molar-refractivity contribution in [2.24, 2.45) is 0 Å². The highest BCUT2D eigenvalue weighted by Crippen LogP contribution is 2.33. The summed E-state index contributed by atoms with van der Waals surface area (Å²) in [5.74, 6) is 0.296. The average molecular weight is 317 g/mol. The molecule has 1 saturated heterocycles. The van der Waals surface area contributed by atoms with Crippen molar-refractivity contribution >= 4 is 34.2 Å². The minimum Gasteiger partial charge on any atom is -0.379 e. The molecule has 108 valence electrons. The summed E-state index contributed by atoms with van der Waals surface area (Å²) < 4.78 is 21.3. The molecule has 0 amide bonds. The van der Waals surface area contributed by atoms with E-state index in [-0.39, 0.29) is 16.4 Å². The third kappa shape index (κ3) is 2.41. The summed E-state index contributed by atoms with van der Waals surface area (Å²) in [7, 11) is 0. The van der Waals surface area contributed by atoms with Crippen LogP contribution < -0.4 is 0 Å². The molecule has 6 heteroatoms. The lowest BCUT2D eigenvalue weighted by molar-refractivity contribution is 0.0595. The Labute approximate surface area is 126 Å². The number of alkyl halides is 1. The number of hydrogen-bond acceptors (Lipinski definition) is 2. The molecule has 1 aliphatic heterocycles. The predicted octanol–water partition coefficient (Wildman–Crippen LogP) is 4.48. The second-order valence-electron chi connectivity index (χ2n) is 5.08. The van der Waals surface area contributed by atoms with E-state index >= 15 is 0 Å². The van der Waals surface area contributed by atoms with Gasteiger partial charge in [-0.25, -0.2) is 9.37 Å². The van der Waals surface area contributed by atoms with Crippen LogP contribution in [0.2, 0.25) is 5.02 Å². The summed E-state index contributed by atoms with van der Waals surface area (Å²) in [6.45, 7) is 3.24. The number of fused-ring (bicyclic) bond motifs is 1. The zero-order valence-corrected chi connectivity index (χ0v) is 12.6. The van der Waals surface area contributed by atoms with Crippen LogP contribution in [0.4, 0.5) is 4.39 Å². The Morgan fingerprint density at radius 3 is 2.95 bits per heavy atom. The quantitative estimate of drug-likeness (QED) is 0.764. The first-order valence-corrected chi connectivity index (χ1v) is 7.48. The van der Waals surface area contributed by atoms with Crippen molar-refractivity contribution in [3.63, 3.8) is 0 Å². The molecule has 0 radical (unpaired) electrons. The van der Waals surface area contributed by atoms with Crippen molar-refractivity contribution in [2.45, 2.75) is 31.2 Å². The molecule has 0 spiro atoms. The topological polar surface area (TPSA) is 27.1 Å². The van der Waals surface area contributed by atoms with Gasteiger partial charge in [0.1, 0.15) is 11.6 Å². The van der Waals surface area contributed by atoms with E-state index in [2.05, 4.69) is 4.98 Å². The molecule has 2 atom stereocenters. The molecule has 0 N–H and O–H groups in total. The molecule has 3 rings (SSSR count). The Morgan fingerprint density at radius 2 is 2.30 bits per heavy atom. The number of aromatic nitrogens is 2. The van der Waals surface area contributed by atoms with Crippen LogP contribution in [0.3, 0.4) is 0 Å². The molecule has 0 saturated carbocycles. The van der Waals surface area contributed by atoms with Crippen molar-refractivity contribution in [3.05, 3.63) is 28.8 Å². The second kappa shape index (κ2) is 5.51. The van der Waals surface area contributed by atoms with Gasteiger partial charge in [0.25, 0.3) is 0 Å². The first-order valence-electron chi connectivity index (χ1n) is 6.66. The molecular weight excluding hydrogens is 302 g/mol. The maximum Gasteiger partial charge on any atom is 0.144 e. The molecule has 1 aromatic carbocycles. The molecule has 0 bridgehead atoms. The van der Waals surface area contributed by atoms with Gasteiger partial charge >= 0.3 is 0 Å². The van der Waals surface area contributed by atoms with E-state index in [0.717, 1.165) is 30.8 Å². The van der Waals surface area contributed by atoms with Gasteiger partial charge < -0.3 is 9.30 Å². The molecule has 2 unspecified atom stereocenters. The number of ether oxygens (including phenoxy) is 1. The second-order valence-corrected chi connectivity index (χ2v) is 6.14. The predicted molar refractivity (Wildman–Crippen MR) is 78.1 cm³/mol. The maximum absolute atomic E-state index is 13.8. The van der Waals surface area contributed by atoms with Crippen molar-refractivity contribution in [1.29, 1.82) is 0 Å². The Hall–Kier alpha value is -0.840. The number of benzene rings is 1. The molecule has 0 aliphatic carbocycles. The van der Waals surface area contributed by atoms with E-state index in [1.807, 2.05) is 11.5 Å². The maximum atomic E-state index is 13.8. The smallest absolute Gasteiger partial charge is 0.144 e. The van der Waals surface area contributed by atoms with Crippen LogP contribution >= 0.6 is 23.2 Å². The largest absolute Gasteiger partial charge is 0.379 e. The van der Waals surface area contributed by atoms with Crippen molar-refractivity contribution in [3.8, 4) is 0 Å². The van der Waals surface area contributed by atoms with E-state index in [1.54, 1.807) is 6.07 Å². The lowest BCUT2D eigenvalue weighted by Crippen LogP contribution is -2.23. The van der Waals surface area contributed by atoms with Gasteiger partial charge in [0.15, 0.2) is 0 Å². The van der Waals surface area contributed by atoms with Crippen molar-refractivity contribution in [1.82, 2.24) is 9.55 Å². The SMILES string of the molecule is CC(Cl)c1nc2cc(Cl)c(F)cc2n1C1CCCOC1. The van der Waals surface area contributed by atoms with Crippen LogP contribution in [0.15, 0.2) is 12.1 Å². The average Bonchev–Trinajstić information content (AvgIpc) is 2.79. The standard InChI is InChI=1S/C14H15Cl2FN2O/c1-8(15)14-18-12-5-10(16)11(17)6-13(12)19(14)9-3-2-4-20-7-9/h5-6,8-9H,2-4,7H2,1H3. The fourth-order valence-corrected chi connectivity index (χ4v) is 3.01. The van der Waals surface area contributed by atoms with E-state index in [4.69, 9.17) is 27.9 Å². The monoisotopic (exact) mass is 316 g/mol. The molecular formula is C14H15Cl2FN2O. The summed E-state index contributed by atoms with van der Waals surface area (Å²) in [5.41, 5.74) is 1.40. The van der Waals surface area contributed by atoms with Crippen LogP contribution in [-0.2, 0) is 4.74 Å². The van der Waals surface area contributed by atoms with Gasteiger partial charge in [0.2, 0.25) is 0 Å². The minimum atomic E-state index is -0.439. The number of nitrogens with zero attached hydrogens (tertiary/aromatic N) is 2. The molecule has 3 nitrogen and oxygen atoms in total. The van der Waals surface area contributed by atoms with E-state index in [9.17, 15) is 4.39 Å². The Balaban J connectivity index is 2.20. The zero-order chi connectivity index (χ0) is 14.3. The Kier molecular flexibility index (Phi) is 3.89. The number of rotatable bonds is 2. The summed E-state index contributed by atoms with van der Waals surface area (Å²) in [6, 6.07) is 3.13. The van der Waals surface area contributed by atoms with Gasteiger partial charge in [-0.1, -0.05) is 11.6 Å². The lowest BCUT2D eigenvalue weighted by atomic mass is 10.1. The molecule has 1 aliphatic rings. The fourth-order valence-electron chi connectivity index (χ4n) is 2.70. The molecule has 2 heterocycles. The van der Waals surface area contributed by atoms with Crippen LogP contribution in [0.5, 0.6) is 0 Å². The summed E-state index contributed by atoms with van der Waals surface area (Å²) in [4.78, 5) is 4.51. The first-order chi connectivity index (χ1) is 9.58. The summed E-state index contributed by atoms with van der Waals surface area (Å²) in [5, 5.41) is -0.179. The van der Waals surface area contributed by atoms with Crippen LogP contribution in [0.1, 0.15) is 37.0 Å². The minimum absolute atomic E-state index is 0.0795. The van der Waals surface area contributed by atoms with E-state index in [1.165, 1.54) is 6.07 Å². The molecule has 1 aromatic heterocycles. The van der Waals surface area contributed by atoms with E-state index in [0.29, 0.717) is 12.1 Å². The third-order valence-corrected chi connectivity index (χ3v) is 4.10. The Morgan fingerprint density at radius 1 is 1.50 bits per heavy atom. The van der Waals surface area contributed by atoms with Gasteiger partial charge in [0.05, 0.1) is 34.1 Å². The molecule has 20 heavy (non-hydrogen) atoms. The highest BCUT2D eigenvalue weighted by molar-refractivity contribution is 6.31. The van der Waals surface area contributed by atoms with Gasteiger partial charge in [-0.05, 0) is 25.8 Å². The third-order valence-electron chi connectivity index (χ3n) is 3.62. The molecule has 1 fully saturated rings. The van der Waals surface area contributed by atoms with Crippen molar-refractivity contribution < 1.29 is 9.13 Å². The van der Waals surface area contributed by atoms with Gasteiger partial charge in [-0.15, -0.1) is 11.6 Å². The van der Waals surface area contributed by atoms with Crippen LogP contribution in [0, 0.1) is 5.82 Å². The van der Waals surface area contributed by atoms with Gasteiger partial charge in [0, 0.05) is 12.7 Å². The van der Waals surface area contributed by atoms with Crippen LogP contribution in [0.25, 0.3) is 11.0 Å². The van der Waals surface area contributed by atoms with Crippen LogP contribution in [-0.4, -0.2) is 22.8 Å². The summed E-state index contributed by atoms with van der Waals surface area (Å²) >= 11 is 12.1. The Bertz CT molecular complexity index is 636.